The van der Waals surface area contributed by atoms with Gasteiger partial charge in [-0.1, -0.05) is 12.1 Å². The van der Waals surface area contributed by atoms with Crippen LogP contribution >= 0.6 is 0 Å². The second kappa shape index (κ2) is 8.15. The van der Waals surface area contributed by atoms with Crippen molar-refractivity contribution in [2.45, 2.75) is 18.7 Å². The molecule has 0 saturated carbocycles. The molecule has 2 aromatic heterocycles. The van der Waals surface area contributed by atoms with Gasteiger partial charge in [0, 0.05) is 17.4 Å². The van der Waals surface area contributed by atoms with Gasteiger partial charge < -0.3 is 4.74 Å². The summed E-state index contributed by atoms with van der Waals surface area (Å²) in [6.07, 6.45) is 3.06. The maximum Gasteiger partial charge on any atom is 0.264 e. The molecule has 1 N–H and O–H groups in total. The Hall–Kier alpha value is -3.79. The van der Waals surface area contributed by atoms with Crippen molar-refractivity contribution in [2.24, 2.45) is 0 Å². The number of benzene rings is 2. The van der Waals surface area contributed by atoms with E-state index in [1.54, 1.807) is 24.5 Å². The predicted octanol–water partition coefficient (Wildman–Crippen LogP) is 4.01. The third-order valence-corrected chi connectivity index (χ3v) is 6.00. The van der Waals surface area contributed by atoms with Crippen LogP contribution in [0.1, 0.15) is 11.4 Å². The molecule has 0 amide bonds. The summed E-state index contributed by atoms with van der Waals surface area (Å²) >= 11 is 0. The number of anilines is 1. The highest BCUT2D eigenvalue weighted by molar-refractivity contribution is 7.92. The van der Waals surface area contributed by atoms with Gasteiger partial charge in [0.15, 0.2) is 0 Å². The van der Waals surface area contributed by atoms with Crippen molar-refractivity contribution in [1.82, 2.24) is 19.5 Å². The molecule has 31 heavy (non-hydrogen) atoms. The van der Waals surface area contributed by atoms with E-state index in [2.05, 4.69) is 19.7 Å². The van der Waals surface area contributed by atoms with Crippen molar-refractivity contribution in [3.05, 3.63) is 84.5 Å². The Bertz CT molecular complexity index is 1340. The molecular formula is C21H18FN5O3S. The predicted molar refractivity (Wildman–Crippen MR) is 112 cm³/mol. The molecule has 0 fully saturated rings. The number of nitrogens with zero attached hydrogens (tertiary/aromatic N) is 4. The lowest BCUT2D eigenvalue weighted by Crippen LogP contribution is -2.14. The number of ether oxygens (including phenoxy) is 1. The Morgan fingerprint density at radius 3 is 2.42 bits per heavy atom. The van der Waals surface area contributed by atoms with Gasteiger partial charge >= 0.3 is 0 Å². The normalized spacial score (nSPS) is 11.3. The molecule has 0 unspecified atom stereocenters. The average Bonchev–Trinajstić information content (AvgIpc) is 3.08. The largest absolute Gasteiger partial charge is 0.439 e. The highest BCUT2D eigenvalue weighted by Gasteiger charge is 2.18. The standard InChI is InChI=1S/C21H18FN5O3S/c1-14-15(2)27(13-25-14)20-11-21(24-12-23-20)30-17-9-7-16(8-10-17)26-31(28,29)19-6-4-3-5-18(19)22/h3-13,26H,1-2H3. The fourth-order valence-electron chi connectivity index (χ4n) is 2.83. The Morgan fingerprint density at radius 1 is 1.00 bits per heavy atom. The van der Waals surface area contributed by atoms with Crippen molar-refractivity contribution in [2.75, 3.05) is 4.72 Å². The average molecular weight is 439 g/mol. The molecule has 0 aliphatic rings. The molecule has 4 rings (SSSR count). The number of hydrogen-bond donors (Lipinski definition) is 1. The van der Waals surface area contributed by atoms with Crippen molar-refractivity contribution in [3.8, 4) is 17.4 Å². The second-order valence-electron chi connectivity index (χ2n) is 6.66. The van der Waals surface area contributed by atoms with Crippen LogP contribution in [0.2, 0.25) is 0 Å². The molecule has 0 atom stereocenters. The molecule has 0 spiro atoms. The molecule has 0 aliphatic carbocycles. The van der Waals surface area contributed by atoms with E-state index in [4.69, 9.17) is 4.74 Å². The molecule has 0 bridgehead atoms. The van der Waals surface area contributed by atoms with Gasteiger partial charge in [-0.3, -0.25) is 9.29 Å². The molecule has 8 nitrogen and oxygen atoms in total. The number of imidazole rings is 1. The van der Waals surface area contributed by atoms with E-state index < -0.39 is 20.7 Å². The maximum atomic E-state index is 13.8. The number of halogens is 1. The third-order valence-electron chi connectivity index (χ3n) is 4.58. The van der Waals surface area contributed by atoms with Crippen LogP contribution in [0.15, 0.2) is 72.1 Å². The van der Waals surface area contributed by atoms with Gasteiger partial charge in [0.05, 0.1) is 5.69 Å². The lowest BCUT2D eigenvalue weighted by Gasteiger charge is -2.10. The van der Waals surface area contributed by atoms with Gasteiger partial charge in [-0.25, -0.2) is 27.8 Å². The zero-order chi connectivity index (χ0) is 22.0. The van der Waals surface area contributed by atoms with Crippen LogP contribution in [0.5, 0.6) is 11.6 Å². The summed E-state index contributed by atoms with van der Waals surface area (Å²) < 4.78 is 48.5. The molecule has 4 aromatic rings. The monoisotopic (exact) mass is 439 g/mol. The maximum absolute atomic E-state index is 13.8. The van der Waals surface area contributed by atoms with E-state index in [9.17, 15) is 12.8 Å². The number of aromatic nitrogens is 4. The first-order chi connectivity index (χ1) is 14.8. The molecule has 0 aliphatic heterocycles. The molecule has 2 heterocycles. The van der Waals surface area contributed by atoms with Crippen LogP contribution in [0.3, 0.4) is 0 Å². The smallest absolute Gasteiger partial charge is 0.264 e. The number of rotatable bonds is 6. The van der Waals surface area contributed by atoms with Gasteiger partial charge in [-0.2, -0.15) is 0 Å². The molecule has 0 radical (unpaired) electrons. The van der Waals surface area contributed by atoms with Gasteiger partial charge in [-0.15, -0.1) is 0 Å². The molecule has 158 valence electrons. The highest BCUT2D eigenvalue weighted by atomic mass is 32.2. The lowest BCUT2D eigenvalue weighted by molar-refractivity contribution is 0.461. The van der Waals surface area contributed by atoms with Crippen LogP contribution < -0.4 is 9.46 Å². The van der Waals surface area contributed by atoms with Crippen LogP contribution in [-0.2, 0) is 10.0 Å². The SMILES string of the molecule is Cc1ncn(-c2cc(Oc3ccc(NS(=O)(=O)c4ccccc4F)cc3)ncn2)c1C. The van der Waals surface area contributed by atoms with E-state index in [0.29, 0.717) is 17.4 Å². The minimum Gasteiger partial charge on any atom is -0.439 e. The van der Waals surface area contributed by atoms with E-state index in [1.807, 2.05) is 18.4 Å². The summed E-state index contributed by atoms with van der Waals surface area (Å²) in [5.74, 6) is 0.544. The van der Waals surface area contributed by atoms with Crippen molar-refractivity contribution >= 4 is 15.7 Å². The topological polar surface area (TPSA) is 99.0 Å². The van der Waals surface area contributed by atoms with E-state index in [-0.39, 0.29) is 5.69 Å². The van der Waals surface area contributed by atoms with Gasteiger partial charge in [0.2, 0.25) is 5.88 Å². The van der Waals surface area contributed by atoms with Gasteiger partial charge in [0.1, 0.15) is 34.9 Å². The molecular weight excluding hydrogens is 421 g/mol. The van der Waals surface area contributed by atoms with Crippen molar-refractivity contribution < 1.29 is 17.5 Å². The minimum atomic E-state index is -4.05. The fraction of sp³-hybridized carbons (Fsp3) is 0.0952. The number of sulfonamides is 1. The first kappa shape index (κ1) is 20.5. The molecule has 2 aromatic carbocycles. The summed E-state index contributed by atoms with van der Waals surface area (Å²) in [4.78, 5) is 12.2. The lowest BCUT2D eigenvalue weighted by atomic mass is 10.3. The zero-order valence-electron chi connectivity index (χ0n) is 16.7. The summed E-state index contributed by atoms with van der Waals surface area (Å²) in [5, 5.41) is 0. The molecule has 0 saturated heterocycles. The third kappa shape index (κ3) is 4.38. The summed E-state index contributed by atoms with van der Waals surface area (Å²) in [7, 11) is -4.05. The summed E-state index contributed by atoms with van der Waals surface area (Å²) in [5.41, 5.74) is 2.12. The summed E-state index contributed by atoms with van der Waals surface area (Å²) in [6, 6.07) is 13.0. The Labute approximate surface area is 178 Å². The van der Waals surface area contributed by atoms with Gasteiger partial charge in [0.25, 0.3) is 10.0 Å². The van der Waals surface area contributed by atoms with Crippen LogP contribution in [0.25, 0.3) is 5.82 Å². The summed E-state index contributed by atoms with van der Waals surface area (Å²) in [6.45, 7) is 3.85. The Balaban J connectivity index is 1.50. The van der Waals surface area contributed by atoms with Crippen molar-refractivity contribution in [3.63, 3.8) is 0 Å². The zero-order valence-corrected chi connectivity index (χ0v) is 17.5. The quantitative estimate of drug-likeness (QED) is 0.487. The second-order valence-corrected chi connectivity index (χ2v) is 8.31. The van der Waals surface area contributed by atoms with E-state index in [0.717, 1.165) is 17.5 Å². The van der Waals surface area contributed by atoms with Gasteiger partial charge in [-0.05, 0) is 50.2 Å². The first-order valence-corrected chi connectivity index (χ1v) is 10.7. The Morgan fingerprint density at radius 2 is 1.74 bits per heavy atom. The van der Waals surface area contributed by atoms with Crippen molar-refractivity contribution in [1.29, 1.82) is 0 Å². The Kier molecular flexibility index (Phi) is 5.38. The van der Waals surface area contributed by atoms with E-state index >= 15 is 0 Å². The van der Waals surface area contributed by atoms with E-state index in [1.165, 1.54) is 36.7 Å². The minimum absolute atomic E-state index is 0.267. The number of nitrogens with one attached hydrogen (secondary N) is 1. The van der Waals surface area contributed by atoms with Crippen LogP contribution in [0, 0.1) is 19.7 Å². The number of hydrogen-bond acceptors (Lipinski definition) is 6. The fourth-order valence-corrected chi connectivity index (χ4v) is 3.97. The molecule has 10 heteroatoms. The highest BCUT2D eigenvalue weighted by Crippen LogP contribution is 2.25. The van der Waals surface area contributed by atoms with Crippen LogP contribution in [0.4, 0.5) is 10.1 Å². The number of aryl methyl sites for hydroxylation is 1. The van der Waals surface area contributed by atoms with Crippen LogP contribution in [-0.4, -0.2) is 27.9 Å². The first-order valence-electron chi connectivity index (χ1n) is 9.22.